The molecule has 0 saturated carbocycles. The van der Waals surface area contributed by atoms with E-state index in [9.17, 15) is 14.4 Å². The van der Waals surface area contributed by atoms with Crippen LogP contribution in [0.3, 0.4) is 0 Å². The number of hydrogen-bond acceptors (Lipinski definition) is 6. The van der Waals surface area contributed by atoms with E-state index in [2.05, 4.69) is 9.47 Å². The van der Waals surface area contributed by atoms with E-state index in [0.717, 1.165) is 0 Å². The van der Waals surface area contributed by atoms with Gasteiger partial charge in [0.25, 0.3) is 0 Å². The summed E-state index contributed by atoms with van der Waals surface area (Å²) in [7, 11) is 1.23. The predicted octanol–water partition coefficient (Wildman–Crippen LogP) is 0.434. The zero-order valence-electron chi connectivity index (χ0n) is 9.65. The molecule has 0 aromatic heterocycles. The Morgan fingerprint density at radius 2 is 1.81 bits per heavy atom. The largest absolute Gasteiger partial charge is 0.469 e. The van der Waals surface area contributed by atoms with E-state index in [1.165, 1.54) is 14.0 Å². The van der Waals surface area contributed by atoms with E-state index >= 15 is 0 Å². The Kier molecular flexibility index (Phi) is 6.91. The molecule has 6 heteroatoms. The van der Waals surface area contributed by atoms with E-state index in [-0.39, 0.29) is 19.4 Å². The van der Waals surface area contributed by atoms with Crippen molar-refractivity contribution in [2.24, 2.45) is 0 Å². The van der Waals surface area contributed by atoms with Gasteiger partial charge in [0.2, 0.25) is 0 Å². The monoisotopic (exact) mass is 232 g/mol. The van der Waals surface area contributed by atoms with Crippen molar-refractivity contribution in [2.75, 3.05) is 13.7 Å². The first-order valence-corrected chi connectivity index (χ1v) is 4.89. The maximum atomic E-state index is 11.0. The first-order chi connectivity index (χ1) is 7.49. The molecule has 0 heterocycles. The van der Waals surface area contributed by atoms with Crippen molar-refractivity contribution in [3.05, 3.63) is 0 Å². The Morgan fingerprint density at radius 1 is 1.19 bits per heavy atom. The Morgan fingerprint density at radius 3 is 2.25 bits per heavy atom. The van der Waals surface area contributed by atoms with Gasteiger partial charge in [-0.2, -0.15) is 0 Å². The number of hydrogen-bond donors (Lipinski definition) is 0. The molecule has 0 amide bonds. The van der Waals surface area contributed by atoms with Gasteiger partial charge in [-0.05, 0) is 0 Å². The molecule has 0 bridgehead atoms. The highest BCUT2D eigenvalue weighted by Crippen LogP contribution is 2.03. The van der Waals surface area contributed by atoms with Crippen LogP contribution in [0.2, 0.25) is 0 Å². The number of rotatable bonds is 6. The molecule has 1 unspecified atom stereocenters. The molecule has 0 spiro atoms. The second-order valence-corrected chi connectivity index (χ2v) is 3.05. The molecule has 0 aromatic rings. The summed E-state index contributed by atoms with van der Waals surface area (Å²) >= 11 is 0. The van der Waals surface area contributed by atoms with Crippen molar-refractivity contribution < 1.29 is 28.6 Å². The van der Waals surface area contributed by atoms with Gasteiger partial charge < -0.3 is 14.2 Å². The molecule has 0 N–H and O–H groups in total. The minimum atomic E-state index is -0.788. The van der Waals surface area contributed by atoms with Gasteiger partial charge >= 0.3 is 17.9 Å². The Labute approximate surface area is 93.8 Å². The Bertz CT molecular complexity index is 242. The third kappa shape index (κ3) is 6.80. The number of esters is 3. The lowest BCUT2D eigenvalue weighted by atomic mass is 10.2. The smallest absolute Gasteiger partial charge is 0.309 e. The highest BCUT2D eigenvalue weighted by Gasteiger charge is 2.19. The fourth-order valence-corrected chi connectivity index (χ4v) is 0.883. The van der Waals surface area contributed by atoms with Gasteiger partial charge in [-0.15, -0.1) is 0 Å². The third-order valence-corrected chi connectivity index (χ3v) is 1.68. The van der Waals surface area contributed by atoms with Crippen LogP contribution >= 0.6 is 0 Å². The lowest BCUT2D eigenvalue weighted by Gasteiger charge is -2.15. The number of ether oxygens (including phenoxy) is 3. The average molecular weight is 232 g/mol. The van der Waals surface area contributed by atoms with Gasteiger partial charge in [0.1, 0.15) is 12.7 Å². The fourth-order valence-electron chi connectivity index (χ4n) is 0.883. The molecule has 0 fully saturated rings. The number of carbonyl (C=O) groups excluding carboxylic acids is 3. The summed E-state index contributed by atoms with van der Waals surface area (Å²) in [5, 5.41) is 0. The summed E-state index contributed by atoms with van der Waals surface area (Å²) in [5.74, 6) is -1.48. The lowest BCUT2D eigenvalue weighted by Crippen LogP contribution is -2.27. The van der Waals surface area contributed by atoms with Gasteiger partial charge in [0.05, 0.1) is 13.5 Å². The minimum absolute atomic E-state index is 0.129. The van der Waals surface area contributed by atoms with Crippen molar-refractivity contribution in [2.45, 2.75) is 32.8 Å². The topological polar surface area (TPSA) is 78.9 Å². The highest BCUT2D eigenvalue weighted by molar-refractivity contribution is 5.72. The summed E-state index contributed by atoms with van der Waals surface area (Å²) in [6, 6.07) is 0. The molecule has 0 rings (SSSR count). The fraction of sp³-hybridized carbons (Fsp3) is 0.700. The molecule has 0 aliphatic rings. The van der Waals surface area contributed by atoms with Crippen LogP contribution in [-0.4, -0.2) is 37.7 Å². The molecule has 0 aromatic carbocycles. The first-order valence-electron chi connectivity index (χ1n) is 4.89. The van der Waals surface area contributed by atoms with Crippen molar-refractivity contribution >= 4 is 17.9 Å². The van der Waals surface area contributed by atoms with Crippen LogP contribution in [0, 0.1) is 0 Å². The second kappa shape index (κ2) is 7.67. The van der Waals surface area contributed by atoms with Crippen LogP contribution in [-0.2, 0) is 28.6 Å². The SMILES string of the molecule is CCC(=O)OC(COC(C)=O)CC(=O)OC. The summed E-state index contributed by atoms with van der Waals surface area (Å²) in [4.78, 5) is 32.6. The summed E-state index contributed by atoms with van der Waals surface area (Å²) < 4.78 is 14.0. The van der Waals surface area contributed by atoms with E-state index in [0.29, 0.717) is 0 Å². The van der Waals surface area contributed by atoms with Gasteiger partial charge in [0, 0.05) is 13.3 Å². The zero-order chi connectivity index (χ0) is 12.6. The van der Waals surface area contributed by atoms with Crippen LogP contribution in [0.5, 0.6) is 0 Å². The van der Waals surface area contributed by atoms with E-state index in [1.807, 2.05) is 0 Å². The van der Waals surface area contributed by atoms with Crippen LogP contribution < -0.4 is 0 Å². The molecule has 92 valence electrons. The first kappa shape index (κ1) is 14.4. The standard InChI is InChI=1S/C10H16O6/c1-4-9(12)16-8(5-10(13)14-3)6-15-7(2)11/h8H,4-6H2,1-3H3. The molecule has 6 nitrogen and oxygen atoms in total. The maximum Gasteiger partial charge on any atom is 0.309 e. The molecule has 16 heavy (non-hydrogen) atoms. The molecule has 0 aliphatic carbocycles. The maximum absolute atomic E-state index is 11.0. The van der Waals surface area contributed by atoms with Gasteiger partial charge in [-0.3, -0.25) is 14.4 Å². The minimum Gasteiger partial charge on any atom is -0.469 e. The van der Waals surface area contributed by atoms with Crippen molar-refractivity contribution in [1.82, 2.24) is 0 Å². The molecule has 0 saturated heterocycles. The zero-order valence-corrected chi connectivity index (χ0v) is 9.65. The Balaban J connectivity index is 4.20. The summed E-state index contributed by atoms with van der Waals surface area (Å²) in [6.45, 7) is 2.72. The highest BCUT2D eigenvalue weighted by atomic mass is 16.6. The normalized spacial score (nSPS) is 11.4. The Hall–Kier alpha value is -1.59. The van der Waals surface area contributed by atoms with Gasteiger partial charge in [0.15, 0.2) is 0 Å². The lowest BCUT2D eigenvalue weighted by molar-refractivity contribution is -0.162. The van der Waals surface area contributed by atoms with E-state index in [4.69, 9.17) is 4.74 Å². The van der Waals surface area contributed by atoms with Gasteiger partial charge in [-0.25, -0.2) is 0 Å². The quantitative estimate of drug-likeness (QED) is 0.488. The van der Waals surface area contributed by atoms with Crippen molar-refractivity contribution in [3.63, 3.8) is 0 Å². The number of methoxy groups -OCH3 is 1. The van der Waals surface area contributed by atoms with Gasteiger partial charge in [-0.1, -0.05) is 6.92 Å². The van der Waals surface area contributed by atoms with Crippen molar-refractivity contribution in [1.29, 1.82) is 0 Å². The van der Waals surface area contributed by atoms with Crippen LogP contribution in [0.1, 0.15) is 26.7 Å². The predicted molar refractivity (Wildman–Crippen MR) is 53.4 cm³/mol. The molecule has 1 atom stereocenters. The summed E-state index contributed by atoms with van der Waals surface area (Å²) in [5.41, 5.74) is 0. The molecule has 0 aliphatic heterocycles. The second-order valence-electron chi connectivity index (χ2n) is 3.05. The van der Waals surface area contributed by atoms with Crippen molar-refractivity contribution in [3.8, 4) is 0 Å². The molecule has 0 radical (unpaired) electrons. The molecular weight excluding hydrogens is 216 g/mol. The van der Waals surface area contributed by atoms with E-state index < -0.39 is 24.0 Å². The van der Waals surface area contributed by atoms with Crippen LogP contribution in [0.15, 0.2) is 0 Å². The molecular formula is C10H16O6. The third-order valence-electron chi connectivity index (χ3n) is 1.68. The van der Waals surface area contributed by atoms with Crippen LogP contribution in [0.4, 0.5) is 0 Å². The number of carbonyl (C=O) groups is 3. The summed E-state index contributed by atoms with van der Waals surface area (Å²) in [6.07, 6.45) is -0.725. The van der Waals surface area contributed by atoms with Crippen LogP contribution in [0.25, 0.3) is 0 Å². The average Bonchev–Trinajstić information content (AvgIpc) is 2.25. The van der Waals surface area contributed by atoms with E-state index in [1.54, 1.807) is 6.92 Å².